The number of halogens is 2. The summed E-state index contributed by atoms with van der Waals surface area (Å²) in [4.78, 5) is 24.9. The van der Waals surface area contributed by atoms with Crippen molar-refractivity contribution in [3.05, 3.63) is 85.6 Å². The smallest absolute Gasteiger partial charge is 0.308 e. The lowest BCUT2D eigenvalue weighted by atomic mass is 10.2. The molecule has 0 fully saturated rings. The fourth-order valence-electron chi connectivity index (χ4n) is 3.22. The van der Waals surface area contributed by atoms with Crippen LogP contribution in [0.2, 0.25) is 0 Å². The maximum Gasteiger partial charge on any atom is 0.308 e. The van der Waals surface area contributed by atoms with Gasteiger partial charge in [-0.25, -0.2) is 8.42 Å². The predicted octanol–water partition coefficient (Wildman–Crippen LogP) is 6.20. The first-order chi connectivity index (χ1) is 16.1. The molecule has 0 unspecified atom stereocenters. The molecular formula is C24H17Br2NO5S2. The molecule has 4 rings (SSSR count). The van der Waals surface area contributed by atoms with Crippen LogP contribution in [0.4, 0.5) is 5.69 Å². The molecule has 6 nitrogen and oxygen atoms in total. The van der Waals surface area contributed by atoms with Gasteiger partial charge < -0.3 is 10.1 Å². The van der Waals surface area contributed by atoms with Crippen LogP contribution in [-0.2, 0) is 25.2 Å². The number of hydrogen-bond acceptors (Lipinski definition) is 6. The topological polar surface area (TPSA) is 89.5 Å². The Labute approximate surface area is 218 Å². The molecule has 1 N–H and O–H groups in total. The van der Waals surface area contributed by atoms with E-state index in [4.69, 9.17) is 4.74 Å². The van der Waals surface area contributed by atoms with Gasteiger partial charge in [0.2, 0.25) is 0 Å². The van der Waals surface area contributed by atoms with Gasteiger partial charge in [0.05, 0.1) is 21.2 Å². The lowest BCUT2D eigenvalue weighted by molar-refractivity contribution is -0.131. The summed E-state index contributed by atoms with van der Waals surface area (Å²) in [6.45, 7) is 1.32. The zero-order valence-corrected chi connectivity index (χ0v) is 22.5. The minimum absolute atomic E-state index is 0.169. The normalized spacial score (nSPS) is 14.4. The van der Waals surface area contributed by atoms with Gasteiger partial charge in [-0.3, -0.25) is 9.59 Å². The average molecular weight is 623 g/mol. The highest BCUT2D eigenvalue weighted by atomic mass is 79.9. The number of rotatable bonds is 5. The second-order valence-electron chi connectivity index (χ2n) is 7.34. The van der Waals surface area contributed by atoms with Crippen LogP contribution in [0.5, 0.6) is 5.75 Å². The summed E-state index contributed by atoms with van der Waals surface area (Å²) in [7, 11) is -3.64. The Morgan fingerprint density at radius 1 is 1.06 bits per heavy atom. The summed E-state index contributed by atoms with van der Waals surface area (Å²) in [6, 6.07) is 16.8. The number of fused-ring (bicyclic) bond motifs is 1. The van der Waals surface area contributed by atoms with Crippen LogP contribution in [0.3, 0.4) is 0 Å². The minimum Gasteiger partial charge on any atom is -0.427 e. The molecule has 1 aliphatic rings. The van der Waals surface area contributed by atoms with Crippen molar-refractivity contribution in [2.75, 3.05) is 5.32 Å². The van der Waals surface area contributed by atoms with E-state index in [1.807, 2.05) is 6.07 Å². The Bertz CT molecular complexity index is 1410. The number of esters is 1. The average Bonchev–Trinajstić information content (AvgIpc) is 2.77. The molecule has 0 bridgehead atoms. The summed E-state index contributed by atoms with van der Waals surface area (Å²) in [5, 5.41) is 2.81. The molecule has 3 aromatic rings. The number of nitrogens with one attached hydrogen (secondary N) is 1. The number of carbonyl (C=O) groups excluding carboxylic acids is 2. The molecule has 0 saturated heterocycles. The Morgan fingerprint density at radius 3 is 2.38 bits per heavy atom. The lowest BCUT2D eigenvalue weighted by Gasteiger charge is -2.19. The molecule has 0 radical (unpaired) electrons. The first-order valence-corrected chi connectivity index (χ1v) is 14.0. The zero-order valence-electron chi connectivity index (χ0n) is 17.7. The SMILES string of the molecule is CC(=O)Oc1ccc(/C=C2\Sc3cc(S(=O)(=O)Cc4c(Br)cccc4Br)ccc3NC2=O)cc1. The molecule has 34 heavy (non-hydrogen) atoms. The van der Waals surface area contributed by atoms with Crippen molar-refractivity contribution < 1.29 is 22.7 Å². The molecule has 1 aliphatic heterocycles. The van der Waals surface area contributed by atoms with Crippen LogP contribution in [0, 0.1) is 0 Å². The lowest BCUT2D eigenvalue weighted by Crippen LogP contribution is -2.17. The summed E-state index contributed by atoms with van der Waals surface area (Å²) >= 11 is 8.03. The first kappa shape index (κ1) is 24.7. The predicted molar refractivity (Wildman–Crippen MR) is 139 cm³/mol. The third-order valence-corrected chi connectivity index (χ3v) is 9.05. The molecule has 1 heterocycles. The fraction of sp³-hybridized carbons (Fsp3) is 0.0833. The molecule has 10 heteroatoms. The standard InChI is InChI=1S/C24H17Br2NO5S2/c1-14(28)32-16-7-5-15(6-8-16)11-23-24(29)27-21-10-9-17(12-22(21)33-23)34(30,31)13-18-19(25)3-2-4-20(18)26/h2-12H,13H2,1H3,(H,27,29)/b23-11-. The second-order valence-corrected chi connectivity index (χ2v) is 12.1. The van der Waals surface area contributed by atoms with Crippen LogP contribution in [-0.4, -0.2) is 20.3 Å². The molecule has 0 atom stereocenters. The van der Waals surface area contributed by atoms with Crippen LogP contribution < -0.4 is 10.1 Å². The Morgan fingerprint density at radius 2 is 1.74 bits per heavy atom. The number of amides is 1. The number of sulfone groups is 1. The zero-order chi connectivity index (χ0) is 24.5. The molecule has 0 spiro atoms. The highest BCUT2D eigenvalue weighted by molar-refractivity contribution is 9.11. The van der Waals surface area contributed by atoms with Crippen molar-refractivity contribution in [3.8, 4) is 5.75 Å². The Balaban J connectivity index is 1.60. The quantitative estimate of drug-likeness (QED) is 0.207. The maximum absolute atomic E-state index is 13.1. The van der Waals surface area contributed by atoms with E-state index in [1.165, 1.54) is 24.8 Å². The van der Waals surface area contributed by atoms with Gasteiger partial charge in [-0.05, 0) is 59.7 Å². The third kappa shape index (κ3) is 5.63. The highest BCUT2D eigenvalue weighted by Crippen LogP contribution is 2.41. The number of ether oxygens (including phenoxy) is 1. The monoisotopic (exact) mass is 621 g/mol. The number of benzene rings is 3. The van der Waals surface area contributed by atoms with Crippen LogP contribution >= 0.6 is 43.6 Å². The number of thioether (sulfide) groups is 1. The summed E-state index contributed by atoms with van der Waals surface area (Å²) in [5.74, 6) is -0.466. The van der Waals surface area contributed by atoms with Crippen molar-refractivity contribution in [3.63, 3.8) is 0 Å². The molecule has 0 saturated carbocycles. The second kappa shape index (κ2) is 10.1. The molecular weight excluding hydrogens is 606 g/mol. The van der Waals surface area contributed by atoms with Crippen molar-refractivity contribution >= 4 is 77.1 Å². The van der Waals surface area contributed by atoms with E-state index >= 15 is 0 Å². The van der Waals surface area contributed by atoms with Gasteiger partial charge in [0, 0.05) is 20.8 Å². The molecule has 174 valence electrons. The maximum atomic E-state index is 13.1. The van der Waals surface area contributed by atoms with Crippen LogP contribution in [0.1, 0.15) is 18.1 Å². The van der Waals surface area contributed by atoms with Crippen molar-refractivity contribution in [2.45, 2.75) is 22.5 Å². The summed E-state index contributed by atoms with van der Waals surface area (Å²) < 4.78 is 32.7. The van der Waals surface area contributed by atoms with E-state index in [-0.39, 0.29) is 16.6 Å². The van der Waals surface area contributed by atoms with Gasteiger partial charge in [-0.15, -0.1) is 0 Å². The Hall–Kier alpha value is -2.40. The number of carbonyl (C=O) groups is 2. The molecule has 3 aromatic carbocycles. The summed E-state index contributed by atoms with van der Waals surface area (Å²) in [6.07, 6.45) is 1.69. The van der Waals surface area contributed by atoms with Gasteiger partial charge in [0.15, 0.2) is 9.84 Å². The van der Waals surface area contributed by atoms with Crippen LogP contribution in [0.15, 0.2) is 84.3 Å². The van der Waals surface area contributed by atoms with E-state index in [0.717, 1.165) is 5.56 Å². The van der Waals surface area contributed by atoms with Crippen molar-refractivity contribution in [1.82, 2.24) is 0 Å². The molecule has 0 aliphatic carbocycles. The largest absolute Gasteiger partial charge is 0.427 e. The molecule has 1 amide bonds. The van der Waals surface area contributed by atoms with E-state index in [2.05, 4.69) is 37.2 Å². The number of anilines is 1. The van der Waals surface area contributed by atoms with Crippen LogP contribution in [0.25, 0.3) is 6.08 Å². The van der Waals surface area contributed by atoms with Crippen molar-refractivity contribution in [1.29, 1.82) is 0 Å². The fourth-order valence-corrected chi connectivity index (χ4v) is 7.37. The van der Waals surface area contributed by atoms with E-state index in [1.54, 1.807) is 54.6 Å². The van der Waals surface area contributed by atoms with Gasteiger partial charge in [0.25, 0.3) is 5.91 Å². The third-order valence-electron chi connectivity index (χ3n) is 4.84. The molecule has 0 aromatic heterocycles. The Kier molecular flexibility index (Phi) is 7.32. The van der Waals surface area contributed by atoms with Gasteiger partial charge in [0.1, 0.15) is 5.75 Å². The van der Waals surface area contributed by atoms with E-state index in [0.29, 0.717) is 35.7 Å². The minimum atomic E-state index is -3.64. The van der Waals surface area contributed by atoms with Gasteiger partial charge >= 0.3 is 5.97 Å². The highest BCUT2D eigenvalue weighted by Gasteiger charge is 2.25. The van der Waals surface area contributed by atoms with Crippen molar-refractivity contribution in [2.24, 2.45) is 0 Å². The summed E-state index contributed by atoms with van der Waals surface area (Å²) in [5.41, 5.74) is 1.93. The van der Waals surface area contributed by atoms with Gasteiger partial charge in [-0.1, -0.05) is 61.8 Å². The number of hydrogen-bond donors (Lipinski definition) is 1. The first-order valence-electron chi connectivity index (χ1n) is 9.91. The van der Waals surface area contributed by atoms with E-state index in [9.17, 15) is 18.0 Å². The van der Waals surface area contributed by atoms with Gasteiger partial charge in [-0.2, -0.15) is 0 Å². The van der Waals surface area contributed by atoms with E-state index < -0.39 is 15.8 Å².